The minimum Gasteiger partial charge on any atom is -0.315 e. The number of aromatic nitrogens is 2. The number of fused-ring (bicyclic) bond motifs is 1. The van der Waals surface area contributed by atoms with Crippen molar-refractivity contribution in [3.05, 3.63) is 47.8 Å². The van der Waals surface area contributed by atoms with Crippen LogP contribution in [-0.4, -0.2) is 28.1 Å². The van der Waals surface area contributed by atoms with Crippen LogP contribution in [0, 0.1) is 0 Å². The first-order valence-corrected chi connectivity index (χ1v) is 7.62. The van der Waals surface area contributed by atoms with E-state index in [2.05, 4.69) is 40.9 Å². The topological polar surface area (TPSA) is 29.9 Å². The number of benzene rings is 1. The number of nitrogens with one attached hydrogen (secondary N) is 1. The molecule has 0 saturated carbocycles. The van der Waals surface area contributed by atoms with Gasteiger partial charge in [-0.3, -0.25) is 4.68 Å². The number of thioether (sulfide) groups is 1. The van der Waals surface area contributed by atoms with E-state index in [1.807, 2.05) is 29.7 Å². The van der Waals surface area contributed by atoms with Crippen LogP contribution < -0.4 is 5.32 Å². The van der Waals surface area contributed by atoms with E-state index in [4.69, 9.17) is 0 Å². The highest BCUT2D eigenvalue weighted by atomic mass is 32.2. The van der Waals surface area contributed by atoms with Crippen LogP contribution in [0.25, 0.3) is 0 Å². The van der Waals surface area contributed by atoms with Gasteiger partial charge in [0.1, 0.15) is 0 Å². The summed E-state index contributed by atoms with van der Waals surface area (Å²) in [5, 5.41) is 8.43. The van der Waals surface area contributed by atoms with Crippen LogP contribution in [0.15, 0.2) is 41.6 Å². The summed E-state index contributed by atoms with van der Waals surface area (Å²) in [4.78, 5) is 1.46. The summed E-state index contributed by atoms with van der Waals surface area (Å²) in [6, 6.07) is 8.75. The lowest BCUT2D eigenvalue weighted by Gasteiger charge is -2.09. The molecule has 19 heavy (non-hydrogen) atoms. The molecule has 2 aromatic rings. The highest BCUT2D eigenvalue weighted by Crippen LogP contribution is 2.36. The molecule has 0 fully saturated rings. The van der Waals surface area contributed by atoms with Gasteiger partial charge in [-0.25, -0.2) is 0 Å². The molecule has 0 spiro atoms. The number of nitrogens with zero attached hydrogens (tertiary/aromatic N) is 2. The van der Waals surface area contributed by atoms with Crippen molar-refractivity contribution in [1.82, 2.24) is 15.1 Å². The highest BCUT2D eigenvalue weighted by Gasteiger charge is 2.20. The lowest BCUT2D eigenvalue weighted by molar-refractivity contribution is 0.661. The fourth-order valence-corrected chi connectivity index (χ4v) is 3.75. The zero-order chi connectivity index (χ0) is 13.1. The van der Waals surface area contributed by atoms with Gasteiger partial charge in [-0.1, -0.05) is 18.2 Å². The summed E-state index contributed by atoms with van der Waals surface area (Å²) in [7, 11) is 1.96. The second-order valence-electron chi connectivity index (χ2n) is 5.03. The number of aryl methyl sites for hydroxylation is 1. The number of hydrogen-bond donors (Lipinski definition) is 1. The Hall–Kier alpha value is -1.26. The van der Waals surface area contributed by atoms with Gasteiger partial charge in [0, 0.05) is 29.9 Å². The summed E-state index contributed by atoms with van der Waals surface area (Å²) in [5.41, 5.74) is 2.81. The smallest absolute Gasteiger partial charge is 0.0522 e. The number of rotatable bonds is 5. The molecule has 1 aliphatic heterocycles. The third-order valence-corrected chi connectivity index (χ3v) is 4.75. The molecule has 100 valence electrons. The molecular weight excluding hydrogens is 254 g/mol. The van der Waals surface area contributed by atoms with Gasteiger partial charge >= 0.3 is 0 Å². The molecule has 0 amide bonds. The Morgan fingerprint density at radius 1 is 1.42 bits per heavy atom. The minimum atomic E-state index is 0.686. The summed E-state index contributed by atoms with van der Waals surface area (Å²) in [6.07, 6.45) is 6.28. The average Bonchev–Trinajstić information content (AvgIpc) is 3.00. The molecule has 3 rings (SSSR count). The molecule has 1 aromatic carbocycles. The second-order valence-corrected chi connectivity index (χ2v) is 6.37. The molecule has 1 aliphatic rings. The van der Waals surface area contributed by atoms with Crippen LogP contribution >= 0.6 is 11.8 Å². The number of hydrogen-bond acceptors (Lipinski definition) is 3. The second kappa shape index (κ2) is 5.80. The minimum absolute atomic E-state index is 0.686. The van der Waals surface area contributed by atoms with E-state index >= 15 is 0 Å². The van der Waals surface area contributed by atoms with Crippen molar-refractivity contribution < 1.29 is 0 Å². The van der Waals surface area contributed by atoms with Gasteiger partial charge in [0.2, 0.25) is 0 Å². The molecule has 1 atom stereocenters. The van der Waals surface area contributed by atoms with Crippen molar-refractivity contribution in [1.29, 1.82) is 0 Å². The molecule has 0 saturated heterocycles. The zero-order valence-corrected chi connectivity index (χ0v) is 12.0. The van der Waals surface area contributed by atoms with Gasteiger partial charge in [0.25, 0.3) is 0 Å². The van der Waals surface area contributed by atoms with Crippen molar-refractivity contribution in [2.45, 2.75) is 23.0 Å². The lowest BCUT2D eigenvalue weighted by Crippen LogP contribution is -2.26. The van der Waals surface area contributed by atoms with Gasteiger partial charge in [0.05, 0.1) is 6.20 Å². The fourth-order valence-electron chi connectivity index (χ4n) is 2.46. The van der Waals surface area contributed by atoms with Gasteiger partial charge in [-0.2, -0.15) is 5.10 Å². The zero-order valence-electron chi connectivity index (χ0n) is 11.2. The summed E-state index contributed by atoms with van der Waals surface area (Å²) in [5.74, 6) is 0. The molecule has 4 heteroatoms. The first-order valence-electron chi connectivity index (χ1n) is 6.74. The van der Waals surface area contributed by atoms with E-state index in [1.54, 1.807) is 0 Å². The Morgan fingerprint density at radius 2 is 2.32 bits per heavy atom. The molecular formula is C15H19N3S. The van der Waals surface area contributed by atoms with Gasteiger partial charge in [-0.15, -0.1) is 11.8 Å². The van der Waals surface area contributed by atoms with Crippen LogP contribution in [0.3, 0.4) is 0 Å². The van der Waals surface area contributed by atoms with Crippen LogP contribution in [0.2, 0.25) is 0 Å². The highest BCUT2D eigenvalue weighted by molar-refractivity contribution is 8.00. The molecule has 1 aromatic heterocycles. The van der Waals surface area contributed by atoms with E-state index in [0.29, 0.717) is 5.25 Å². The Bertz CT molecular complexity index is 525. The van der Waals surface area contributed by atoms with E-state index in [9.17, 15) is 0 Å². The standard InChI is InChI=1S/C15H19N3S/c1-18-11-12(9-17-18)6-7-16-10-14-8-13-4-2-3-5-15(13)19-14/h2-5,9,11,14,16H,6-8,10H2,1H3. The Morgan fingerprint density at radius 3 is 3.11 bits per heavy atom. The predicted octanol–water partition coefficient (Wildman–Crippen LogP) is 2.27. The maximum Gasteiger partial charge on any atom is 0.0522 e. The monoisotopic (exact) mass is 273 g/mol. The lowest BCUT2D eigenvalue weighted by atomic mass is 10.1. The molecule has 0 bridgehead atoms. The summed E-state index contributed by atoms with van der Waals surface area (Å²) in [6.45, 7) is 2.11. The van der Waals surface area contributed by atoms with E-state index in [0.717, 1.165) is 19.5 Å². The van der Waals surface area contributed by atoms with E-state index < -0.39 is 0 Å². The SMILES string of the molecule is Cn1cc(CCNCC2Cc3ccccc3S2)cn1. The third kappa shape index (κ3) is 3.19. The van der Waals surface area contributed by atoms with E-state index in [-0.39, 0.29) is 0 Å². The first kappa shape index (κ1) is 12.8. The summed E-state index contributed by atoms with van der Waals surface area (Å²) >= 11 is 2.01. The van der Waals surface area contributed by atoms with Crippen LogP contribution in [0.5, 0.6) is 0 Å². The summed E-state index contributed by atoms with van der Waals surface area (Å²) < 4.78 is 1.86. The molecule has 3 nitrogen and oxygen atoms in total. The normalized spacial score (nSPS) is 17.6. The Kier molecular flexibility index (Phi) is 3.89. The maximum atomic E-state index is 4.18. The fraction of sp³-hybridized carbons (Fsp3) is 0.400. The molecule has 0 radical (unpaired) electrons. The van der Waals surface area contributed by atoms with Crippen molar-refractivity contribution in [2.75, 3.05) is 13.1 Å². The largest absolute Gasteiger partial charge is 0.315 e. The molecule has 0 aliphatic carbocycles. The van der Waals surface area contributed by atoms with Gasteiger partial charge in [0.15, 0.2) is 0 Å². The van der Waals surface area contributed by atoms with Crippen molar-refractivity contribution in [3.63, 3.8) is 0 Å². The van der Waals surface area contributed by atoms with Gasteiger partial charge in [-0.05, 0) is 36.6 Å². The van der Waals surface area contributed by atoms with Gasteiger partial charge < -0.3 is 5.32 Å². The molecule has 2 heterocycles. The Balaban J connectivity index is 1.40. The maximum absolute atomic E-state index is 4.18. The Labute approximate surface area is 118 Å². The average molecular weight is 273 g/mol. The molecule has 1 N–H and O–H groups in total. The third-order valence-electron chi connectivity index (χ3n) is 3.43. The van der Waals surface area contributed by atoms with Crippen LogP contribution in [-0.2, 0) is 19.9 Å². The van der Waals surface area contributed by atoms with E-state index in [1.165, 1.54) is 22.4 Å². The van der Waals surface area contributed by atoms with Crippen molar-refractivity contribution in [3.8, 4) is 0 Å². The van der Waals surface area contributed by atoms with Crippen LogP contribution in [0.4, 0.5) is 0 Å². The van der Waals surface area contributed by atoms with Crippen molar-refractivity contribution >= 4 is 11.8 Å². The predicted molar refractivity (Wildman–Crippen MR) is 79.6 cm³/mol. The quantitative estimate of drug-likeness (QED) is 0.848. The first-order chi connectivity index (χ1) is 9.31. The van der Waals surface area contributed by atoms with Crippen LogP contribution in [0.1, 0.15) is 11.1 Å². The van der Waals surface area contributed by atoms with Crippen molar-refractivity contribution in [2.24, 2.45) is 7.05 Å². The molecule has 1 unspecified atom stereocenters.